The van der Waals surface area contributed by atoms with Crippen LogP contribution in [-0.2, 0) is 26.1 Å². The average molecular weight is 461 g/mol. The molecule has 0 unspecified atom stereocenters. The highest BCUT2D eigenvalue weighted by atomic mass is 79.9. The van der Waals surface area contributed by atoms with Gasteiger partial charge >= 0.3 is 5.97 Å². The summed E-state index contributed by atoms with van der Waals surface area (Å²) in [5.74, 6) is -0.444. The van der Waals surface area contributed by atoms with Gasteiger partial charge in [0.1, 0.15) is 10.8 Å². The van der Waals surface area contributed by atoms with Gasteiger partial charge in [0.15, 0.2) is 0 Å². The van der Waals surface area contributed by atoms with E-state index in [9.17, 15) is 13.2 Å². The van der Waals surface area contributed by atoms with Gasteiger partial charge in [-0.1, -0.05) is 33.3 Å². The number of carbonyl (C=O) groups is 1. The number of thiazole rings is 1. The molecule has 6 nitrogen and oxygen atoms in total. The molecule has 2 heterocycles. The first-order valence-electron chi connectivity index (χ1n) is 7.20. The number of aromatic nitrogens is 1. The lowest BCUT2D eigenvalue weighted by molar-refractivity contribution is -0.143. The summed E-state index contributed by atoms with van der Waals surface area (Å²) in [6.45, 7) is 1.87. The van der Waals surface area contributed by atoms with E-state index in [0.717, 1.165) is 26.0 Å². The van der Waals surface area contributed by atoms with Crippen LogP contribution in [0.5, 0.6) is 0 Å². The normalized spacial score (nSPS) is 12.6. The van der Waals surface area contributed by atoms with Gasteiger partial charge in [-0.25, -0.2) is 0 Å². The van der Waals surface area contributed by atoms with Gasteiger partial charge in [-0.2, -0.15) is 8.42 Å². The molecule has 0 bridgehead atoms. The van der Waals surface area contributed by atoms with Crippen molar-refractivity contribution in [2.24, 2.45) is 4.40 Å². The predicted molar refractivity (Wildman–Crippen MR) is 101 cm³/mol. The number of hydrogen-bond donors (Lipinski definition) is 0. The molecule has 0 aliphatic rings. The standard InChI is InChI=1S/C15H13BrN2O4S3/c1-2-22-13(19)9-18-11-6-5-10(16)8-12(11)24-15(18)17-25(20,21)14-4-3-7-23-14/h3-8H,2,9H2,1H3. The third kappa shape index (κ3) is 4.02. The highest BCUT2D eigenvalue weighted by molar-refractivity contribution is 9.10. The minimum absolute atomic E-state index is 0.103. The second-order valence-corrected chi connectivity index (χ2v) is 9.59. The molecule has 0 spiro atoms. The van der Waals surface area contributed by atoms with Crippen molar-refractivity contribution >= 4 is 64.8 Å². The van der Waals surface area contributed by atoms with E-state index in [0.29, 0.717) is 0 Å². The first-order valence-corrected chi connectivity index (χ1v) is 11.1. The zero-order chi connectivity index (χ0) is 18.0. The molecule has 0 saturated carbocycles. The number of hydrogen-bond acceptors (Lipinski definition) is 6. The fourth-order valence-electron chi connectivity index (χ4n) is 2.16. The summed E-state index contributed by atoms with van der Waals surface area (Å²) in [7, 11) is -3.83. The lowest BCUT2D eigenvalue weighted by atomic mass is 10.3. The smallest absolute Gasteiger partial charge is 0.326 e. The van der Waals surface area contributed by atoms with Crippen molar-refractivity contribution in [1.82, 2.24) is 4.57 Å². The number of ether oxygens (including phenoxy) is 1. The zero-order valence-electron chi connectivity index (χ0n) is 13.0. The van der Waals surface area contributed by atoms with Crippen LogP contribution in [0.4, 0.5) is 0 Å². The Morgan fingerprint density at radius 1 is 1.36 bits per heavy atom. The third-order valence-corrected chi connectivity index (χ3v) is 7.47. The molecule has 0 saturated heterocycles. The van der Waals surface area contributed by atoms with Gasteiger partial charge in [0.05, 0.1) is 16.8 Å². The van der Waals surface area contributed by atoms with E-state index in [2.05, 4.69) is 20.3 Å². The van der Waals surface area contributed by atoms with Crippen LogP contribution in [0.1, 0.15) is 6.92 Å². The molecule has 1 aromatic carbocycles. The van der Waals surface area contributed by atoms with Crippen LogP contribution >= 0.6 is 38.6 Å². The molecule has 0 amide bonds. The SMILES string of the molecule is CCOC(=O)Cn1c(=NS(=O)(=O)c2cccs2)sc2cc(Br)ccc21. The highest BCUT2D eigenvalue weighted by Gasteiger charge is 2.17. The molecule has 2 aromatic heterocycles. The summed E-state index contributed by atoms with van der Waals surface area (Å²) in [6.07, 6.45) is 0. The number of carbonyl (C=O) groups excluding carboxylic acids is 1. The van der Waals surface area contributed by atoms with Gasteiger partial charge in [-0.3, -0.25) is 4.79 Å². The van der Waals surface area contributed by atoms with E-state index in [4.69, 9.17) is 4.74 Å². The van der Waals surface area contributed by atoms with Crippen molar-refractivity contribution in [2.45, 2.75) is 17.7 Å². The Morgan fingerprint density at radius 3 is 2.84 bits per heavy atom. The lowest BCUT2D eigenvalue weighted by Gasteiger charge is -2.05. The van der Waals surface area contributed by atoms with Gasteiger partial charge < -0.3 is 9.30 Å². The molecule has 3 aromatic rings. The molecule has 10 heteroatoms. The minimum Gasteiger partial charge on any atom is -0.465 e. The Labute approximate surface area is 160 Å². The summed E-state index contributed by atoms with van der Waals surface area (Å²) < 4.78 is 37.3. The van der Waals surface area contributed by atoms with Crippen LogP contribution in [0.3, 0.4) is 0 Å². The quantitative estimate of drug-likeness (QED) is 0.546. The summed E-state index contributed by atoms with van der Waals surface area (Å²) in [4.78, 5) is 12.2. The second kappa shape index (κ2) is 7.40. The fraction of sp³-hybridized carbons (Fsp3) is 0.200. The van der Waals surface area contributed by atoms with Gasteiger partial charge in [0, 0.05) is 4.47 Å². The molecular weight excluding hydrogens is 448 g/mol. The summed E-state index contributed by atoms with van der Waals surface area (Å²) in [6, 6.07) is 8.66. The maximum atomic E-state index is 12.5. The van der Waals surface area contributed by atoms with E-state index in [1.54, 1.807) is 22.9 Å². The zero-order valence-corrected chi connectivity index (χ0v) is 17.0. The van der Waals surface area contributed by atoms with Crippen molar-refractivity contribution in [3.05, 3.63) is 45.0 Å². The Morgan fingerprint density at radius 2 is 2.16 bits per heavy atom. The molecule has 0 atom stereocenters. The Balaban J connectivity index is 2.19. The maximum absolute atomic E-state index is 12.5. The van der Waals surface area contributed by atoms with Gasteiger partial charge in [-0.15, -0.1) is 15.7 Å². The van der Waals surface area contributed by atoms with E-state index in [-0.39, 0.29) is 22.2 Å². The predicted octanol–water partition coefficient (Wildman–Crippen LogP) is 3.38. The average Bonchev–Trinajstić information content (AvgIpc) is 3.17. The largest absolute Gasteiger partial charge is 0.465 e. The van der Waals surface area contributed by atoms with Crippen molar-refractivity contribution in [1.29, 1.82) is 0 Å². The minimum atomic E-state index is -3.83. The van der Waals surface area contributed by atoms with Crippen molar-refractivity contribution in [3.63, 3.8) is 0 Å². The van der Waals surface area contributed by atoms with Crippen LogP contribution in [0.25, 0.3) is 10.2 Å². The van der Waals surface area contributed by atoms with E-state index < -0.39 is 16.0 Å². The van der Waals surface area contributed by atoms with E-state index in [1.807, 2.05) is 18.2 Å². The van der Waals surface area contributed by atoms with E-state index in [1.165, 1.54) is 17.4 Å². The van der Waals surface area contributed by atoms with Crippen LogP contribution in [0.2, 0.25) is 0 Å². The van der Waals surface area contributed by atoms with Crippen molar-refractivity contribution < 1.29 is 17.9 Å². The highest BCUT2D eigenvalue weighted by Crippen LogP contribution is 2.23. The molecule has 132 valence electrons. The number of benzene rings is 1. The van der Waals surface area contributed by atoms with Crippen molar-refractivity contribution in [3.8, 4) is 0 Å². The number of sulfonamides is 1. The first-order chi connectivity index (χ1) is 11.9. The number of halogens is 1. The first kappa shape index (κ1) is 18.3. The van der Waals surface area contributed by atoms with Gasteiger partial charge in [0.2, 0.25) is 4.80 Å². The monoisotopic (exact) mass is 460 g/mol. The third-order valence-electron chi connectivity index (χ3n) is 3.18. The molecule has 0 aliphatic heterocycles. The van der Waals surface area contributed by atoms with Crippen LogP contribution < -0.4 is 4.80 Å². The van der Waals surface area contributed by atoms with Crippen LogP contribution in [-0.4, -0.2) is 25.6 Å². The fourth-order valence-corrected chi connectivity index (χ4v) is 5.92. The molecule has 0 fully saturated rings. The molecule has 0 N–H and O–H groups in total. The molecule has 0 aliphatic carbocycles. The Kier molecular flexibility index (Phi) is 5.42. The topological polar surface area (TPSA) is 77.7 Å². The summed E-state index contributed by atoms with van der Waals surface area (Å²) >= 11 is 5.70. The number of esters is 1. The second-order valence-electron chi connectivity index (χ2n) is 4.89. The molecule has 3 rings (SSSR count). The Hall–Kier alpha value is -1.49. The molecular formula is C15H13BrN2O4S3. The number of rotatable bonds is 5. The lowest BCUT2D eigenvalue weighted by Crippen LogP contribution is -2.23. The molecule has 0 radical (unpaired) electrons. The summed E-state index contributed by atoms with van der Waals surface area (Å²) in [5, 5.41) is 1.68. The Bertz CT molecular complexity index is 1080. The van der Waals surface area contributed by atoms with Crippen LogP contribution in [0.15, 0.2) is 48.8 Å². The van der Waals surface area contributed by atoms with Gasteiger partial charge in [-0.05, 0) is 36.6 Å². The number of thiophene rings is 1. The number of fused-ring (bicyclic) bond motifs is 1. The van der Waals surface area contributed by atoms with E-state index >= 15 is 0 Å². The maximum Gasteiger partial charge on any atom is 0.326 e. The molecule has 25 heavy (non-hydrogen) atoms. The van der Waals surface area contributed by atoms with Gasteiger partial charge in [0.25, 0.3) is 10.0 Å². The van der Waals surface area contributed by atoms with Crippen molar-refractivity contribution in [2.75, 3.05) is 6.61 Å². The summed E-state index contributed by atoms with van der Waals surface area (Å²) in [5.41, 5.74) is 0.724. The van der Waals surface area contributed by atoms with Crippen LogP contribution in [0, 0.1) is 0 Å². The number of nitrogens with zero attached hydrogens (tertiary/aromatic N) is 2.